The molecule has 0 aliphatic heterocycles. The van der Waals surface area contributed by atoms with E-state index in [0.717, 1.165) is 0 Å². The van der Waals surface area contributed by atoms with Gasteiger partial charge in [-0.05, 0) is 5.92 Å². The molecule has 0 rings (SSSR count). The molecule has 0 amide bonds. The fourth-order valence-electron chi connectivity index (χ4n) is 0.195. The summed E-state index contributed by atoms with van der Waals surface area (Å²) in [5.74, 6) is 0.424. The molecule has 0 aliphatic carbocycles. The molecule has 0 aromatic rings. The monoisotopic (exact) mass is 176 g/mol. The second-order valence-corrected chi connectivity index (χ2v) is 2.39. The van der Waals surface area contributed by atoms with E-state index in [1.54, 1.807) is 0 Å². The standard InChI is InChI=1S/C4H10O4S.Na/c1-4(2)3-6-9-8-7-5;/h4-5H,3H2,1-2H3;/q;+1/p-1. The van der Waals surface area contributed by atoms with Crippen molar-refractivity contribution in [1.82, 2.24) is 0 Å². The SMILES string of the molecule is CC(C)COSOO[O-].[Na+]. The maximum Gasteiger partial charge on any atom is 1.00 e. The summed E-state index contributed by atoms with van der Waals surface area (Å²) >= 11 is 0.547. The molecular weight excluding hydrogens is 167 g/mol. The molecule has 10 heavy (non-hydrogen) atoms. The summed E-state index contributed by atoms with van der Waals surface area (Å²) in [5.41, 5.74) is 0. The first-order valence-corrected chi connectivity index (χ1v) is 3.18. The smallest absolute Gasteiger partial charge is 0.691 e. The summed E-state index contributed by atoms with van der Waals surface area (Å²) in [4.78, 5) is 0. The molecule has 0 aromatic heterocycles. The molecule has 0 saturated carbocycles. The van der Waals surface area contributed by atoms with Gasteiger partial charge < -0.3 is 5.26 Å². The molecule has 6 heteroatoms. The first kappa shape index (κ1) is 13.8. The minimum Gasteiger partial charge on any atom is -0.691 e. The van der Waals surface area contributed by atoms with Gasteiger partial charge in [-0.15, -0.1) is 4.33 Å². The van der Waals surface area contributed by atoms with Crippen LogP contribution in [0, 0.1) is 5.92 Å². The molecule has 0 bridgehead atoms. The summed E-state index contributed by atoms with van der Waals surface area (Å²) in [6, 6.07) is 0. The van der Waals surface area contributed by atoms with Gasteiger partial charge in [0.05, 0.1) is 6.61 Å². The maximum atomic E-state index is 9.15. The van der Waals surface area contributed by atoms with Crippen molar-refractivity contribution in [2.75, 3.05) is 6.61 Å². The average Bonchev–Trinajstić information content (AvgIpc) is 1.80. The van der Waals surface area contributed by atoms with Crippen LogP contribution in [0.5, 0.6) is 0 Å². The fraction of sp³-hybridized carbons (Fsp3) is 1.00. The third-order valence-corrected chi connectivity index (χ3v) is 0.848. The first-order valence-electron chi connectivity index (χ1n) is 2.52. The molecule has 56 valence electrons. The van der Waals surface area contributed by atoms with Crippen molar-refractivity contribution in [2.45, 2.75) is 13.8 Å². The molecule has 0 saturated heterocycles. The van der Waals surface area contributed by atoms with Gasteiger partial charge in [0.25, 0.3) is 0 Å². The van der Waals surface area contributed by atoms with E-state index in [9.17, 15) is 0 Å². The number of hydrogen-bond acceptors (Lipinski definition) is 5. The van der Waals surface area contributed by atoms with Gasteiger partial charge in [-0.25, -0.2) is 0 Å². The van der Waals surface area contributed by atoms with Crippen molar-refractivity contribution in [3.8, 4) is 0 Å². The second kappa shape index (κ2) is 10.2. The predicted octanol–water partition coefficient (Wildman–Crippen LogP) is -2.55. The van der Waals surface area contributed by atoms with Gasteiger partial charge >= 0.3 is 29.6 Å². The molecule has 0 atom stereocenters. The summed E-state index contributed by atoms with van der Waals surface area (Å²) in [7, 11) is 0. The molecule has 4 nitrogen and oxygen atoms in total. The molecule has 0 spiro atoms. The van der Waals surface area contributed by atoms with E-state index >= 15 is 0 Å². The van der Waals surface area contributed by atoms with Crippen molar-refractivity contribution >= 4 is 12.3 Å². The molecule has 0 fully saturated rings. The van der Waals surface area contributed by atoms with Crippen molar-refractivity contribution in [3.63, 3.8) is 0 Å². The Morgan fingerprint density at radius 3 is 2.50 bits per heavy atom. The Morgan fingerprint density at radius 1 is 1.50 bits per heavy atom. The molecule has 0 N–H and O–H groups in total. The van der Waals surface area contributed by atoms with Crippen LogP contribution in [0.15, 0.2) is 0 Å². The summed E-state index contributed by atoms with van der Waals surface area (Å²) in [6.45, 7) is 4.51. The maximum absolute atomic E-state index is 9.15. The van der Waals surface area contributed by atoms with Gasteiger partial charge in [-0.2, -0.15) is 0 Å². The Labute approximate surface area is 86.8 Å². The fourth-order valence-corrected chi connectivity index (χ4v) is 0.585. The molecule has 0 aliphatic rings. The Balaban J connectivity index is 0. The first-order chi connectivity index (χ1) is 4.27. The number of rotatable bonds is 5. The average molecular weight is 176 g/mol. The number of hydrogen-bond donors (Lipinski definition) is 0. The minimum absolute atomic E-state index is 0. The zero-order valence-corrected chi connectivity index (χ0v) is 9.14. The van der Waals surface area contributed by atoms with Gasteiger partial charge in [0.15, 0.2) is 12.3 Å². The van der Waals surface area contributed by atoms with E-state index in [4.69, 9.17) is 9.44 Å². The van der Waals surface area contributed by atoms with E-state index in [2.05, 4.69) is 9.37 Å². The second-order valence-electron chi connectivity index (χ2n) is 1.88. The minimum atomic E-state index is 0. The van der Waals surface area contributed by atoms with E-state index in [1.807, 2.05) is 13.8 Å². The third-order valence-electron chi connectivity index (χ3n) is 0.505. The zero-order valence-electron chi connectivity index (χ0n) is 6.33. The molecule has 0 radical (unpaired) electrons. The predicted molar refractivity (Wildman–Crippen MR) is 30.6 cm³/mol. The molecule has 0 unspecified atom stereocenters. The van der Waals surface area contributed by atoms with Gasteiger partial charge in [-0.3, -0.25) is 9.22 Å². The van der Waals surface area contributed by atoms with Gasteiger partial charge in [0.2, 0.25) is 0 Å². The molecule has 0 aromatic carbocycles. The Bertz CT molecular complexity index is 63.2. The van der Waals surface area contributed by atoms with Crippen molar-refractivity contribution in [1.29, 1.82) is 0 Å². The van der Waals surface area contributed by atoms with Gasteiger partial charge in [0, 0.05) is 0 Å². The van der Waals surface area contributed by atoms with Crippen LogP contribution in [0.1, 0.15) is 13.8 Å². The third kappa shape index (κ3) is 11.9. The largest absolute Gasteiger partial charge is 1.00 e. The Morgan fingerprint density at radius 2 is 2.10 bits per heavy atom. The van der Waals surface area contributed by atoms with Crippen LogP contribution in [-0.4, -0.2) is 6.61 Å². The van der Waals surface area contributed by atoms with Crippen molar-refractivity contribution in [2.24, 2.45) is 5.92 Å². The molecule has 0 heterocycles. The quantitative estimate of drug-likeness (QED) is 0.152. The van der Waals surface area contributed by atoms with Gasteiger partial charge in [-0.1, -0.05) is 13.8 Å². The summed E-state index contributed by atoms with van der Waals surface area (Å²) < 4.78 is 8.53. The van der Waals surface area contributed by atoms with E-state index in [-0.39, 0.29) is 29.6 Å². The zero-order chi connectivity index (χ0) is 7.11. The topological polar surface area (TPSA) is 50.8 Å². The van der Waals surface area contributed by atoms with Crippen LogP contribution < -0.4 is 34.8 Å². The van der Waals surface area contributed by atoms with E-state index in [1.165, 1.54) is 0 Å². The normalized spacial score (nSPS) is 9.60. The van der Waals surface area contributed by atoms with Crippen LogP contribution >= 0.6 is 12.3 Å². The van der Waals surface area contributed by atoms with Crippen LogP contribution in [0.3, 0.4) is 0 Å². The van der Waals surface area contributed by atoms with Crippen LogP contribution in [0.4, 0.5) is 0 Å². The van der Waals surface area contributed by atoms with Crippen molar-refractivity contribution in [3.05, 3.63) is 0 Å². The van der Waals surface area contributed by atoms with E-state index in [0.29, 0.717) is 24.8 Å². The van der Waals surface area contributed by atoms with Crippen LogP contribution in [0.2, 0.25) is 0 Å². The summed E-state index contributed by atoms with van der Waals surface area (Å²) in [5, 5.41) is 12.2. The van der Waals surface area contributed by atoms with E-state index < -0.39 is 0 Å². The Hall–Kier alpha value is 1.19. The van der Waals surface area contributed by atoms with Crippen LogP contribution in [-0.2, 0) is 13.6 Å². The Kier molecular flexibility index (Phi) is 14.0. The molecular formula is C4H9NaO4S. The van der Waals surface area contributed by atoms with Crippen molar-refractivity contribution < 1.29 is 48.4 Å². The van der Waals surface area contributed by atoms with Crippen LogP contribution in [0.25, 0.3) is 0 Å². The van der Waals surface area contributed by atoms with Gasteiger partial charge in [0.1, 0.15) is 0 Å². The summed E-state index contributed by atoms with van der Waals surface area (Å²) in [6.07, 6.45) is 0.